The van der Waals surface area contributed by atoms with Crippen LogP contribution in [-0.4, -0.2) is 62.0 Å². The Balaban J connectivity index is 2.01. The molecule has 0 radical (unpaired) electrons. The number of ether oxygens (including phenoxy) is 1. The fourth-order valence-corrected chi connectivity index (χ4v) is 5.72. The van der Waals surface area contributed by atoms with E-state index in [0.29, 0.717) is 6.42 Å². The Morgan fingerprint density at radius 1 is 1.18 bits per heavy atom. The van der Waals surface area contributed by atoms with Crippen molar-refractivity contribution in [3.05, 3.63) is 63.7 Å². The molecular formula is C27H36N4O7S. The van der Waals surface area contributed by atoms with Crippen LogP contribution in [0.4, 0.5) is 11.4 Å². The molecule has 3 rings (SSSR count). The molecule has 11 nitrogen and oxygen atoms in total. The van der Waals surface area contributed by atoms with Crippen LogP contribution in [0, 0.1) is 17.0 Å². The van der Waals surface area contributed by atoms with Crippen molar-refractivity contribution in [3.8, 4) is 5.75 Å². The van der Waals surface area contributed by atoms with Gasteiger partial charge in [0.1, 0.15) is 24.0 Å². The molecule has 2 aromatic carbocycles. The molecule has 0 spiro atoms. The zero-order valence-electron chi connectivity index (χ0n) is 22.8. The van der Waals surface area contributed by atoms with Gasteiger partial charge in [0, 0.05) is 24.7 Å². The monoisotopic (exact) mass is 560 g/mol. The normalized spacial score (nSPS) is 14.5. The van der Waals surface area contributed by atoms with Crippen molar-refractivity contribution in [2.24, 2.45) is 0 Å². The fourth-order valence-electron chi connectivity index (χ4n) is 4.88. The van der Waals surface area contributed by atoms with Crippen LogP contribution in [0.1, 0.15) is 50.2 Å². The molecule has 1 aliphatic carbocycles. The Labute approximate surface area is 229 Å². The molecule has 1 saturated carbocycles. The van der Waals surface area contributed by atoms with Gasteiger partial charge in [0.2, 0.25) is 21.8 Å². The van der Waals surface area contributed by atoms with Crippen LogP contribution in [0.5, 0.6) is 5.75 Å². The molecule has 1 fully saturated rings. The smallest absolute Gasteiger partial charge is 0.271 e. The highest BCUT2D eigenvalue weighted by molar-refractivity contribution is 7.92. The number of nitro benzene ring substituents is 1. The third-order valence-electron chi connectivity index (χ3n) is 6.84. The summed E-state index contributed by atoms with van der Waals surface area (Å²) in [7, 11) is -2.79. The van der Waals surface area contributed by atoms with Crippen molar-refractivity contribution in [1.82, 2.24) is 10.2 Å². The van der Waals surface area contributed by atoms with Gasteiger partial charge in [-0.05, 0) is 37.8 Å². The van der Waals surface area contributed by atoms with Gasteiger partial charge in [0.05, 0.1) is 18.3 Å². The third kappa shape index (κ3) is 7.69. The number of benzene rings is 2. The Bertz CT molecular complexity index is 1310. The molecule has 0 heterocycles. The number of sulfonamides is 1. The van der Waals surface area contributed by atoms with E-state index in [1.165, 1.54) is 24.1 Å². The number of non-ortho nitro benzene ring substituents is 1. The maximum absolute atomic E-state index is 13.9. The third-order valence-corrected chi connectivity index (χ3v) is 7.97. The lowest BCUT2D eigenvalue weighted by molar-refractivity contribution is -0.384. The Kier molecular flexibility index (Phi) is 9.90. The second kappa shape index (κ2) is 12.9. The first-order valence-corrected chi connectivity index (χ1v) is 14.7. The summed E-state index contributed by atoms with van der Waals surface area (Å²) >= 11 is 0. The first-order chi connectivity index (χ1) is 18.4. The van der Waals surface area contributed by atoms with Crippen molar-refractivity contribution in [1.29, 1.82) is 0 Å². The topological polar surface area (TPSA) is 139 Å². The summed E-state index contributed by atoms with van der Waals surface area (Å²) < 4.78 is 31.8. The summed E-state index contributed by atoms with van der Waals surface area (Å²) in [6, 6.07) is 10.2. The van der Waals surface area contributed by atoms with E-state index in [0.717, 1.165) is 53.4 Å². The number of nitrogens with one attached hydrogen (secondary N) is 1. The van der Waals surface area contributed by atoms with E-state index in [4.69, 9.17) is 4.74 Å². The second-order valence-corrected chi connectivity index (χ2v) is 11.7. The van der Waals surface area contributed by atoms with Gasteiger partial charge in [-0.15, -0.1) is 0 Å². The zero-order chi connectivity index (χ0) is 28.7. The molecule has 39 heavy (non-hydrogen) atoms. The average Bonchev–Trinajstić information content (AvgIpc) is 3.39. The summed E-state index contributed by atoms with van der Waals surface area (Å²) in [5.41, 5.74) is 1.27. The van der Waals surface area contributed by atoms with Crippen LogP contribution in [-0.2, 0) is 26.2 Å². The van der Waals surface area contributed by atoms with Crippen LogP contribution >= 0.6 is 0 Å². The quantitative estimate of drug-likeness (QED) is 0.309. The van der Waals surface area contributed by atoms with Crippen LogP contribution < -0.4 is 14.4 Å². The molecule has 2 amide bonds. The van der Waals surface area contributed by atoms with E-state index in [-0.39, 0.29) is 35.6 Å². The maximum atomic E-state index is 13.9. The fraction of sp³-hybridized carbons (Fsp3) is 0.481. The molecule has 1 atom stereocenters. The predicted molar refractivity (Wildman–Crippen MR) is 148 cm³/mol. The van der Waals surface area contributed by atoms with Crippen molar-refractivity contribution in [3.63, 3.8) is 0 Å². The molecule has 0 aliphatic heterocycles. The van der Waals surface area contributed by atoms with E-state index >= 15 is 0 Å². The predicted octanol–water partition coefficient (Wildman–Crippen LogP) is 3.54. The minimum atomic E-state index is -4.09. The van der Waals surface area contributed by atoms with Crippen molar-refractivity contribution < 1.29 is 27.7 Å². The minimum Gasteiger partial charge on any atom is -0.495 e. The molecule has 212 valence electrons. The molecule has 2 aromatic rings. The van der Waals surface area contributed by atoms with Crippen LogP contribution in [0.25, 0.3) is 0 Å². The molecule has 0 aromatic heterocycles. The second-order valence-electron chi connectivity index (χ2n) is 9.81. The van der Waals surface area contributed by atoms with Crippen LogP contribution in [0.2, 0.25) is 0 Å². The van der Waals surface area contributed by atoms with Gasteiger partial charge in [-0.3, -0.25) is 24.0 Å². The first-order valence-electron chi connectivity index (χ1n) is 12.9. The standard InChI is InChI=1S/C27H36N4O7S/c1-5-23(27(33)28-21-11-6-7-12-21)29(17-20-10-8-9-19(2)15-20)26(32)18-30(39(4,36)37)24-16-22(31(34)35)13-14-25(24)38-3/h8-10,13-16,21,23H,5-7,11-12,17-18H2,1-4H3,(H,28,33)/t23-/m0/s1. The number of amides is 2. The number of hydrogen-bond acceptors (Lipinski definition) is 7. The highest BCUT2D eigenvalue weighted by Crippen LogP contribution is 2.34. The van der Waals surface area contributed by atoms with Gasteiger partial charge in [-0.1, -0.05) is 49.6 Å². The molecular weight excluding hydrogens is 524 g/mol. The number of nitro groups is 1. The summed E-state index contributed by atoms with van der Waals surface area (Å²) in [5, 5.41) is 14.5. The summed E-state index contributed by atoms with van der Waals surface area (Å²) in [5.74, 6) is -0.858. The van der Waals surface area contributed by atoms with E-state index in [9.17, 15) is 28.1 Å². The largest absolute Gasteiger partial charge is 0.495 e. The molecule has 0 bridgehead atoms. The van der Waals surface area contributed by atoms with E-state index in [1.54, 1.807) is 6.92 Å². The van der Waals surface area contributed by atoms with E-state index in [1.807, 2.05) is 31.2 Å². The number of rotatable bonds is 12. The van der Waals surface area contributed by atoms with Gasteiger partial charge in [0.25, 0.3) is 5.69 Å². The van der Waals surface area contributed by atoms with E-state index in [2.05, 4.69) is 5.32 Å². The summed E-state index contributed by atoms with van der Waals surface area (Å²) in [6.45, 7) is 3.13. The number of nitrogens with zero attached hydrogens (tertiary/aromatic N) is 3. The van der Waals surface area contributed by atoms with Gasteiger partial charge < -0.3 is 15.0 Å². The number of methoxy groups -OCH3 is 1. The van der Waals surface area contributed by atoms with Crippen molar-refractivity contribution >= 4 is 33.2 Å². The average molecular weight is 561 g/mol. The van der Waals surface area contributed by atoms with Crippen LogP contribution in [0.3, 0.4) is 0 Å². The molecule has 0 unspecified atom stereocenters. The molecule has 1 N–H and O–H groups in total. The Morgan fingerprint density at radius 3 is 2.44 bits per heavy atom. The highest BCUT2D eigenvalue weighted by atomic mass is 32.2. The SMILES string of the molecule is CC[C@@H](C(=O)NC1CCCC1)N(Cc1cccc(C)c1)C(=O)CN(c1cc([N+](=O)[O-])ccc1OC)S(C)(=O)=O. The lowest BCUT2D eigenvalue weighted by Crippen LogP contribution is -2.53. The number of carbonyl (C=O) groups is 2. The van der Waals surface area contributed by atoms with Crippen molar-refractivity contribution in [2.75, 3.05) is 24.2 Å². The first kappa shape index (κ1) is 29.9. The number of hydrogen-bond donors (Lipinski definition) is 1. The number of anilines is 1. The van der Waals surface area contributed by atoms with Crippen molar-refractivity contribution in [2.45, 2.75) is 64.6 Å². The maximum Gasteiger partial charge on any atom is 0.271 e. The lowest BCUT2D eigenvalue weighted by Gasteiger charge is -2.33. The number of carbonyl (C=O) groups excluding carboxylic acids is 2. The number of aryl methyl sites for hydroxylation is 1. The lowest BCUT2D eigenvalue weighted by atomic mass is 10.1. The van der Waals surface area contributed by atoms with Gasteiger partial charge in [-0.25, -0.2) is 8.42 Å². The van der Waals surface area contributed by atoms with Gasteiger partial charge in [0.15, 0.2) is 0 Å². The van der Waals surface area contributed by atoms with Crippen LogP contribution in [0.15, 0.2) is 42.5 Å². The molecule has 1 aliphatic rings. The Hall–Kier alpha value is -3.67. The zero-order valence-corrected chi connectivity index (χ0v) is 23.6. The minimum absolute atomic E-state index is 0.0455. The Morgan fingerprint density at radius 2 is 1.87 bits per heavy atom. The van der Waals surface area contributed by atoms with Gasteiger partial charge >= 0.3 is 0 Å². The summed E-state index contributed by atoms with van der Waals surface area (Å²) in [4.78, 5) is 39.4. The van der Waals surface area contributed by atoms with E-state index < -0.39 is 33.4 Å². The molecule has 0 saturated heterocycles. The van der Waals surface area contributed by atoms with Gasteiger partial charge in [-0.2, -0.15) is 0 Å². The molecule has 12 heteroatoms. The summed E-state index contributed by atoms with van der Waals surface area (Å²) in [6.07, 6.45) is 5.04. The highest BCUT2D eigenvalue weighted by Gasteiger charge is 2.34.